The van der Waals surface area contributed by atoms with E-state index in [-0.39, 0.29) is 5.91 Å². The van der Waals surface area contributed by atoms with Gasteiger partial charge >= 0.3 is 0 Å². The number of carbonyl (C=O) groups is 1. The first-order chi connectivity index (χ1) is 8.58. The van der Waals surface area contributed by atoms with Gasteiger partial charge in [-0.25, -0.2) is 0 Å². The molecule has 1 rings (SSSR count). The number of carbonyl (C=O) groups excluding carboxylic acids is 1. The fraction of sp³-hybridized carbons (Fsp3) is 0.357. The van der Waals surface area contributed by atoms with Gasteiger partial charge in [-0.1, -0.05) is 29.8 Å². The summed E-state index contributed by atoms with van der Waals surface area (Å²) in [5, 5.41) is 0.673. The van der Waals surface area contributed by atoms with Crippen molar-refractivity contribution in [1.82, 2.24) is 4.90 Å². The SMILES string of the molecule is C=CCC(N)C(=O)N(CC)Cc1cccc(Cl)c1. The molecule has 0 saturated heterocycles. The molecule has 98 valence electrons. The Hall–Kier alpha value is -1.32. The molecule has 4 heteroatoms. The van der Waals surface area contributed by atoms with E-state index < -0.39 is 6.04 Å². The van der Waals surface area contributed by atoms with Crippen LogP contribution in [-0.2, 0) is 11.3 Å². The Labute approximate surface area is 113 Å². The van der Waals surface area contributed by atoms with Crippen molar-refractivity contribution in [1.29, 1.82) is 0 Å². The lowest BCUT2D eigenvalue weighted by molar-refractivity contribution is -0.132. The van der Waals surface area contributed by atoms with E-state index >= 15 is 0 Å². The molecule has 18 heavy (non-hydrogen) atoms. The zero-order valence-corrected chi connectivity index (χ0v) is 11.4. The van der Waals surface area contributed by atoms with E-state index in [4.69, 9.17) is 17.3 Å². The zero-order chi connectivity index (χ0) is 13.5. The second kappa shape index (κ2) is 7.19. The summed E-state index contributed by atoms with van der Waals surface area (Å²) in [6.45, 7) is 6.68. The van der Waals surface area contributed by atoms with Gasteiger partial charge < -0.3 is 10.6 Å². The lowest BCUT2D eigenvalue weighted by Crippen LogP contribution is -2.43. The third kappa shape index (κ3) is 4.17. The molecule has 0 saturated carbocycles. The summed E-state index contributed by atoms with van der Waals surface area (Å²) in [4.78, 5) is 13.8. The summed E-state index contributed by atoms with van der Waals surface area (Å²) in [7, 11) is 0. The molecule has 0 radical (unpaired) electrons. The average molecular weight is 267 g/mol. The molecule has 1 unspecified atom stereocenters. The normalized spacial score (nSPS) is 11.9. The van der Waals surface area contributed by atoms with E-state index in [0.29, 0.717) is 24.5 Å². The molecule has 0 aliphatic rings. The number of nitrogens with two attached hydrogens (primary N) is 1. The number of hydrogen-bond donors (Lipinski definition) is 1. The maximum absolute atomic E-state index is 12.1. The van der Waals surface area contributed by atoms with Crippen LogP contribution in [0.15, 0.2) is 36.9 Å². The fourth-order valence-electron chi connectivity index (χ4n) is 1.72. The van der Waals surface area contributed by atoms with Crippen LogP contribution in [0.3, 0.4) is 0 Å². The van der Waals surface area contributed by atoms with E-state index in [2.05, 4.69) is 6.58 Å². The van der Waals surface area contributed by atoms with Gasteiger partial charge in [0, 0.05) is 18.1 Å². The standard InChI is InChI=1S/C14H19ClN2O/c1-3-6-13(16)14(18)17(4-2)10-11-7-5-8-12(15)9-11/h3,5,7-9,13H,1,4,6,10,16H2,2H3. The Morgan fingerprint density at radius 2 is 2.33 bits per heavy atom. The highest BCUT2D eigenvalue weighted by Crippen LogP contribution is 2.13. The van der Waals surface area contributed by atoms with Crippen LogP contribution in [0, 0.1) is 0 Å². The third-order valence-corrected chi connectivity index (χ3v) is 2.93. The molecule has 0 heterocycles. The summed E-state index contributed by atoms with van der Waals surface area (Å²) in [6, 6.07) is 6.98. The number of amides is 1. The molecule has 1 atom stereocenters. The molecule has 0 bridgehead atoms. The van der Waals surface area contributed by atoms with Gasteiger partial charge in [-0.2, -0.15) is 0 Å². The minimum atomic E-state index is -0.512. The molecule has 0 aliphatic heterocycles. The van der Waals surface area contributed by atoms with Crippen molar-refractivity contribution in [3.05, 3.63) is 47.5 Å². The molecule has 0 aliphatic carbocycles. The fourth-order valence-corrected chi connectivity index (χ4v) is 1.93. The topological polar surface area (TPSA) is 46.3 Å². The van der Waals surface area contributed by atoms with E-state index in [9.17, 15) is 4.79 Å². The van der Waals surface area contributed by atoms with Crippen molar-refractivity contribution in [3.8, 4) is 0 Å². The maximum Gasteiger partial charge on any atom is 0.240 e. The lowest BCUT2D eigenvalue weighted by Gasteiger charge is -2.24. The van der Waals surface area contributed by atoms with Crippen LogP contribution < -0.4 is 5.73 Å². The predicted molar refractivity (Wildman–Crippen MR) is 75.3 cm³/mol. The molecule has 0 fully saturated rings. The van der Waals surface area contributed by atoms with Gasteiger partial charge in [0.25, 0.3) is 0 Å². The van der Waals surface area contributed by atoms with Crippen LogP contribution in [0.2, 0.25) is 5.02 Å². The number of halogens is 1. The maximum atomic E-state index is 12.1. The summed E-state index contributed by atoms with van der Waals surface area (Å²) in [6.07, 6.45) is 2.15. The smallest absolute Gasteiger partial charge is 0.240 e. The summed E-state index contributed by atoms with van der Waals surface area (Å²) < 4.78 is 0. The Morgan fingerprint density at radius 1 is 1.61 bits per heavy atom. The molecule has 1 aromatic carbocycles. The highest BCUT2D eigenvalue weighted by Gasteiger charge is 2.18. The monoisotopic (exact) mass is 266 g/mol. The van der Waals surface area contributed by atoms with E-state index in [1.165, 1.54) is 0 Å². The van der Waals surface area contributed by atoms with Gasteiger partial charge in [0.2, 0.25) is 5.91 Å². The van der Waals surface area contributed by atoms with Crippen molar-refractivity contribution >= 4 is 17.5 Å². The van der Waals surface area contributed by atoms with Gasteiger partial charge in [0.15, 0.2) is 0 Å². The van der Waals surface area contributed by atoms with Crippen molar-refractivity contribution in [2.75, 3.05) is 6.54 Å². The molecule has 3 nitrogen and oxygen atoms in total. The highest BCUT2D eigenvalue weighted by molar-refractivity contribution is 6.30. The second-order valence-electron chi connectivity index (χ2n) is 4.11. The van der Waals surface area contributed by atoms with Gasteiger partial charge in [-0.05, 0) is 31.0 Å². The van der Waals surface area contributed by atoms with Crippen molar-refractivity contribution in [2.24, 2.45) is 5.73 Å². The molecule has 0 aromatic heterocycles. The van der Waals surface area contributed by atoms with Gasteiger partial charge in [-0.3, -0.25) is 4.79 Å². The predicted octanol–water partition coefficient (Wildman–Crippen LogP) is 2.59. The molecule has 0 spiro atoms. The lowest BCUT2D eigenvalue weighted by atomic mass is 10.1. The van der Waals surface area contributed by atoms with Gasteiger partial charge in [-0.15, -0.1) is 6.58 Å². The van der Waals surface area contributed by atoms with Crippen LogP contribution in [0.1, 0.15) is 18.9 Å². The molecule has 2 N–H and O–H groups in total. The molecule has 1 aromatic rings. The summed E-state index contributed by atoms with van der Waals surface area (Å²) >= 11 is 5.92. The van der Waals surface area contributed by atoms with Crippen LogP contribution in [0.5, 0.6) is 0 Å². The number of benzene rings is 1. The molecule has 1 amide bonds. The quantitative estimate of drug-likeness (QED) is 0.805. The van der Waals surface area contributed by atoms with Crippen LogP contribution >= 0.6 is 11.6 Å². The number of rotatable bonds is 6. The van der Waals surface area contributed by atoms with Crippen molar-refractivity contribution in [3.63, 3.8) is 0 Å². The number of hydrogen-bond acceptors (Lipinski definition) is 2. The first kappa shape index (κ1) is 14.7. The third-order valence-electron chi connectivity index (χ3n) is 2.69. The second-order valence-corrected chi connectivity index (χ2v) is 4.55. The first-order valence-electron chi connectivity index (χ1n) is 5.98. The first-order valence-corrected chi connectivity index (χ1v) is 6.36. The largest absolute Gasteiger partial charge is 0.337 e. The minimum absolute atomic E-state index is 0.0580. The minimum Gasteiger partial charge on any atom is -0.337 e. The van der Waals surface area contributed by atoms with Crippen molar-refractivity contribution < 1.29 is 4.79 Å². The van der Waals surface area contributed by atoms with Crippen LogP contribution in [-0.4, -0.2) is 23.4 Å². The van der Waals surface area contributed by atoms with Crippen molar-refractivity contribution in [2.45, 2.75) is 25.9 Å². The summed E-state index contributed by atoms with van der Waals surface area (Å²) in [5.41, 5.74) is 6.80. The number of nitrogens with zero attached hydrogens (tertiary/aromatic N) is 1. The zero-order valence-electron chi connectivity index (χ0n) is 10.6. The molecular weight excluding hydrogens is 248 g/mol. The Balaban J connectivity index is 2.72. The van der Waals surface area contributed by atoms with E-state index in [0.717, 1.165) is 5.56 Å². The van der Waals surface area contributed by atoms with Gasteiger partial charge in [0.05, 0.1) is 6.04 Å². The van der Waals surface area contributed by atoms with E-state index in [1.807, 2.05) is 31.2 Å². The Morgan fingerprint density at radius 3 is 2.89 bits per heavy atom. The van der Waals surface area contributed by atoms with Crippen LogP contribution in [0.4, 0.5) is 0 Å². The Kier molecular flexibility index (Phi) is 5.89. The average Bonchev–Trinajstić information content (AvgIpc) is 2.35. The van der Waals surface area contributed by atoms with Crippen LogP contribution in [0.25, 0.3) is 0 Å². The molecular formula is C14H19ClN2O. The van der Waals surface area contributed by atoms with Gasteiger partial charge in [0.1, 0.15) is 0 Å². The Bertz CT molecular complexity index is 420. The van der Waals surface area contributed by atoms with E-state index in [1.54, 1.807) is 11.0 Å². The number of likely N-dealkylation sites (N-methyl/N-ethyl adjacent to an activating group) is 1. The highest BCUT2D eigenvalue weighted by atomic mass is 35.5. The summed E-state index contributed by atoms with van der Waals surface area (Å²) in [5.74, 6) is -0.0580.